The van der Waals surface area contributed by atoms with Crippen LogP contribution >= 0.6 is 0 Å². The molecule has 0 spiro atoms. The second kappa shape index (κ2) is 8.96. The number of benzene rings is 2. The maximum absolute atomic E-state index is 12.5. The fraction of sp³-hybridized carbons (Fsp3) is 0.350. The summed E-state index contributed by atoms with van der Waals surface area (Å²) in [4.78, 5) is 12.4. The van der Waals surface area contributed by atoms with Gasteiger partial charge in [0.25, 0.3) is 0 Å². The van der Waals surface area contributed by atoms with Gasteiger partial charge in [-0.15, -0.1) is 0 Å². The predicted molar refractivity (Wildman–Crippen MR) is 105 cm³/mol. The number of nitrogens with one attached hydrogen (secondary N) is 1. The minimum atomic E-state index is -3.69. The van der Waals surface area contributed by atoms with Crippen LogP contribution in [0.25, 0.3) is 0 Å². The Hall–Kier alpha value is -2.18. The summed E-state index contributed by atoms with van der Waals surface area (Å²) >= 11 is 0. The minimum absolute atomic E-state index is 0.179. The third-order valence-corrected chi connectivity index (χ3v) is 5.97. The topological polar surface area (TPSA) is 66.5 Å². The molecule has 0 fully saturated rings. The van der Waals surface area contributed by atoms with Crippen molar-refractivity contribution in [1.29, 1.82) is 0 Å². The Morgan fingerprint density at radius 2 is 1.65 bits per heavy atom. The zero-order chi connectivity index (χ0) is 19.2. The molecular formula is C20H26N2O3S. The van der Waals surface area contributed by atoms with E-state index >= 15 is 0 Å². The van der Waals surface area contributed by atoms with Crippen LogP contribution in [-0.2, 0) is 21.2 Å². The number of nitrogens with zero attached hydrogens (tertiary/aromatic N) is 1. The molecule has 0 saturated carbocycles. The van der Waals surface area contributed by atoms with Gasteiger partial charge >= 0.3 is 0 Å². The number of rotatable bonds is 8. The van der Waals surface area contributed by atoms with Gasteiger partial charge in [-0.2, -0.15) is 4.31 Å². The molecule has 6 heteroatoms. The lowest BCUT2D eigenvalue weighted by Gasteiger charge is -2.17. The van der Waals surface area contributed by atoms with Gasteiger partial charge in [0.1, 0.15) is 0 Å². The number of carbonyl (C=O) groups is 1. The highest BCUT2D eigenvalue weighted by Gasteiger charge is 2.22. The maximum atomic E-state index is 12.5. The summed E-state index contributed by atoms with van der Waals surface area (Å²) in [5.74, 6) is -0.371. The van der Waals surface area contributed by atoms with E-state index in [-0.39, 0.29) is 17.3 Å². The first-order chi connectivity index (χ1) is 12.3. The number of aryl methyl sites for hydroxylation is 2. The summed E-state index contributed by atoms with van der Waals surface area (Å²) in [6, 6.07) is 14.2. The Bertz CT molecular complexity index is 828. The highest BCUT2D eigenvalue weighted by Crippen LogP contribution is 2.16. The van der Waals surface area contributed by atoms with Crippen LogP contribution in [0.15, 0.2) is 53.4 Å². The number of amides is 1. The van der Waals surface area contributed by atoms with Crippen molar-refractivity contribution >= 4 is 21.6 Å². The van der Waals surface area contributed by atoms with Gasteiger partial charge in [-0.3, -0.25) is 4.79 Å². The van der Waals surface area contributed by atoms with Gasteiger partial charge in [-0.1, -0.05) is 43.2 Å². The number of sulfonamides is 1. The Labute approximate surface area is 156 Å². The Morgan fingerprint density at radius 3 is 2.23 bits per heavy atom. The van der Waals surface area contributed by atoms with Crippen LogP contribution in [0.2, 0.25) is 0 Å². The van der Waals surface area contributed by atoms with Crippen LogP contribution in [-0.4, -0.2) is 32.2 Å². The van der Waals surface area contributed by atoms with Crippen LogP contribution in [0.3, 0.4) is 0 Å². The molecule has 2 aromatic rings. The largest absolute Gasteiger partial charge is 0.325 e. The monoisotopic (exact) mass is 374 g/mol. The number of anilines is 1. The molecule has 0 atom stereocenters. The summed E-state index contributed by atoms with van der Waals surface area (Å²) in [6.45, 7) is 3.80. The molecule has 0 saturated heterocycles. The van der Waals surface area contributed by atoms with Gasteiger partial charge in [0, 0.05) is 12.7 Å². The van der Waals surface area contributed by atoms with E-state index in [1.54, 1.807) is 24.3 Å². The fourth-order valence-electron chi connectivity index (χ4n) is 2.51. The molecule has 2 rings (SSSR count). The van der Waals surface area contributed by atoms with Crippen LogP contribution < -0.4 is 5.32 Å². The normalized spacial score (nSPS) is 11.5. The molecule has 0 unspecified atom stereocenters. The summed E-state index contributed by atoms with van der Waals surface area (Å²) in [7, 11) is -2.28. The van der Waals surface area contributed by atoms with Crippen molar-refractivity contribution in [2.75, 3.05) is 18.9 Å². The van der Waals surface area contributed by atoms with Gasteiger partial charge < -0.3 is 5.32 Å². The van der Waals surface area contributed by atoms with Gasteiger partial charge in [0.2, 0.25) is 15.9 Å². The van der Waals surface area contributed by atoms with Crippen LogP contribution in [0, 0.1) is 6.92 Å². The molecule has 2 aromatic carbocycles. The van der Waals surface area contributed by atoms with Crippen molar-refractivity contribution in [2.24, 2.45) is 0 Å². The van der Waals surface area contributed by atoms with E-state index in [2.05, 4.69) is 12.2 Å². The fourth-order valence-corrected chi connectivity index (χ4v) is 3.64. The van der Waals surface area contributed by atoms with E-state index in [0.717, 1.165) is 29.1 Å². The average Bonchev–Trinajstić information content (AvgIpc) is 2.61. The SMILES string of the molecule is CCCCc1ccc(NC(=O)CN(C)S(=O)(=O)c2ccc(C)cc2)cc1. The molecule has 0 heterocycles. The average molecular weight is 375 g/mol. The van der Waals surface area contributed by atoms with Crippen LogP contribution in [0.5, 0.6) is 0 Å². The summed E-state index contributed by atoms with van der Waals surface area (Å²) in [5, 5.41) is 2.74. The van der Waals surface area contributed by atoms with Crippen LogP contribution in [0.1, 0.15) is 30.9 Å². The van der Waals surface area contributed by atoms with Gasteiger partial charge in [0.15, 0.2) is 0 Å². The Morgan fingerprint density at radius 1 is 1.04 bits per heavy atom. The lowest BCUT2D eigenvalue weighted by atomic mass is 10.1. The van der Waals surface area contributed by atoms with E-state index in [4.69, 9.17) is 0 Å². The van der Waals surface area contributed by atoms with E-state index in [9.17, 15) is 13.2 Å². The first-order valence-corrected chi connectivity index (χ1v) is 10.2. The van der Waals surface area contributed by atoms with E-state index in [0.29, 0.717) is 5.69 Å². The number of hydrogen-bond acceptors (Lipinski definition) is 3. The lowest BCUT2D eigenvalue weighted by Crippen LogP contribution is -2.34. The first kappa shape index (κ1) is 20.1. The first-order valence-electron chi connectivity index (χ1n) is 8.74. The zero-order valence-electron chi connectivity index (χ0n) is 15.5. The minimum Gasteiger partial charge on any atom is -0.325 e. The molecule has 0 aliphatic carbocycles. The second-order valence-electron chi connectivity index (χ2n) is 6.42. The smallest absolute Gasteiger partial charge is 0.243 e. The molecule has 0 aliphatic rings. The molecule has 26 heavy (non-hydrogen) atoms. The number of carbonyl (C=O) groups excluding carboxylic acids is 1. The zero-order valence-corrected chi connectivity index (χ0v) is 16.3. The van der Waals surface area contributed by atoms with E-state index < -0.39 is 10.0 Å². The molecule has 140 valence electrons. The molecular weight excluding hydrogens is 348 g/mol. The molecule has 0 aliphatic heterocycles. The summed E-state index contributed by atoms with van der Waals surface area (Å²) in [5.41, 5.74) is 2.87. The maximum Gasteiger partial charge on any atom is 0.243 e. The quantitative estimate of drug-likeness (QED) is 0.768. The van der Waals surface area contributed by atoms with E-state index in [1.165, 1.54) is 12.6 Å². The highest BCUT2D eigenvalue weighted by molar-refractivity contribution is 7.89. The van der Waals surface area contributed by atoms with Crippen molar-refractivity contribution in [3.63, 3.8) is 0 Å². The van der Waals surface area contributed by atoms with Crippen molar-refractivity contribution < 1.29 is 13.2 Å². The number of unbranched alkanes of at least 4 members (excludes halogenated alkanes) is 1. The highest BCUT2D eigenvalue weighted by atomic mass is 32.2. The van der Waals surface area contributed by atoms with E-state index in [1.807, 2.05) is 31.2 Å². The van der Waals surface area contributed by atoms with Crippen molar-refractivity contribution in [1.82, 2.24) is 4.31 Å². The number of likely N-dealkylation sites (N-methyl/N-ethyl adjacent to an activating group) is 1. The van der Waals surface area contributed by atoms with Crippen molar-refractivity contribution in [3.8, 4) is 0 Å². The molecule has 0 aromatic heterocycles. The van der Waals surface area contributed by atoms with Gasteiger partial charge in [-0.25, -0.2) is 8.42 Å². The third-order valence-electron chi connectivity index (χ3n) is 4.15. The van der Waals surface area contributed by atoms with Crippen molar-refractivity contribution in [3.05, 3.63) is 59.7 Å². The summed E-state index contributed by atoms with van der Waals surface area (Å²) < 4.78 is 26.1. The van der Waals surface area contributed by atoms with Gasteiger partial charge in [0.05, 0.1) is 11.4 Å². The molecule has 0 bridgehead atoms. The van der Waals surface area contributed by atoms with Gasteiger partial charge in [-0.05, 0) is 49.6 Å². The molecule has 0 radical (unpaired) electrons. The number of hydrogen-bond donors (Lipinski definition) is 1. The summed E-state index contributed by atoms with van der Waals surface area (Å²) in [6.07, 6.45) is 3.29. The predicted octanol–water partition coefficient (Wildman–Crippen LogP) is 3.60. The standard InChI is InChI=1S/C20H26N2O3S/c1-4-5-6-17-9-11-18(12-10-17)21-20(23)15-22(3)26(24,25)19-13-7-16(2)8-14-19/h7-14H,4-6,15H2,1-3H3,(H,21,23). The second-order valence-corrected chi connectivity index (χ2v) is 8.47. The third kappa shape index (κ3) is 5.41. The molecule has 5 nitrogen and oxygen atoms in total. The lowest BCUT2D eigenvalue weighted by molar-refractivity contribution is -0.116. The Balaban J connectivity index is 1.97. The molecule has 1 N–H and O–H groups in total. The van der Waals surface area contributed by atoms with Crippen LogP contribution in [0.4, 0.5) is 5.69 Å². The molecule has 1 amide bonds. The Kier molecular flexibility index (Phi) is 6.94. The van der Waals surface area contributed by atoms with Crippen molar-refractivity contribution in [2.45, 2.75) is 38.0 Å².